The molecule has 6 rings (SSSR count). The smallest absolute Gasteiger partial charge is 0.261 e. The molecule has 0 fully saturated rings. The van der Waals surface area contributed by atoms with Crippen LogP contribution in [-0.2, 0) is 14.3 Å². The van der Waals surface area contributed by atoms with Crippen molar-refractivity contribution < 1.29 is 17.6 Å². The Bertz CT molecular complexity index is 2100. The highest BCUT2D eigenvalue weighted by molar-refractivity contribution is 7.91. The number of rotatable bonds is 10. The fourth-order valence-corrected chi connectivity index (χ4v) is 12.1. The van der Waals surface area contributed by atoms with Crippen LogP contribution in [0.5, 0.6) is 5.75 Å². The second-order valence-corrected chi connectivity index (χ2v) is 19.8. The highest BCUT2D eigenvalue weighted by Gasteiger charge is 2.50. The third-order valence-electron chi connectivity index (χ3n) is 8.87. The molecule has 0 aliphatic heterocycles. The summed E-state index contributed by atoms with van der Waals surface area (Å²) in [6.07, 6.45) is 1.57. The molecule has 0 radical (unpaired) electrons. The van der Waals surface area contributed by atoms with E-state index >= 15 is 0 Å². The van der Waals surface area contributed by atoms with Crippen LogP contribution >= 0.6 is 0 Å². The van der Waals surface area contributed by atoms with E-state index in [0.29, 0.717) is 17.3 Å². The molecular formula is C39H42N2O4SSi. The zero-order valence-corrected chi connectivity index (χ0v) is 29.7. The van der Waals surface area contributed by atoms with Crippen LogP contribution in [0.2, 0.25) is 5.04 Å². The third-order valence-corrected chi connectivity index (χ3v) is 15.6. The molecule has 0 amide bonds. The molecule has 1 atom stereocenters. The second-order valence-electron chi connectivity index (χ2n) is 13.2. The first-order valence-corrected chi connectivity index (χ1v) is 19.7. The summed E-state index contributed by atoms with van der Waals surface area (Å²) in [7, 11) is -6.11. The number of aromatic nitrogens is 2. The van der Waals surface area contributed by atoms with Crippen molar-refractivity contribution in [2.24, 2.45) is 0 Å². The first-order valence-electron chi connectivity index (χ1n) is 16.1. The molecule has 1 N–H and O–H groups in total. The van der Waals surface area contributed by atoms with E-state index in [4.69, 9.17) is 9.16 Å². The first-order chi connectivity index (χ1) is 22.4. The quantitative estimate of drug-likeness (QED) is 0.151. The van der Waals surface area contributed by atoms with Gasteiger partial charge in [0.1, 0.15) is 17.5 Å². The van der Waals surface area contributed by atoms with E-state index in [9.17, 15) is 8.42 Å². The Balaban J connectivity index is 1.40. The van der Waals surface area contributed by atoms with Crippen molar-refractivity contribution in [3.63, 3.8) is 0 Å². The van der Waals surface area contributed by atoms with Gasteiger partial charge >= 0.3 is 0 Å². The number of aryl methyl sites for hydroxylation is 1. The molecule has 0 aliphatic rings. The van der Waals surface area contributed by atoms with E-state index in [0.717, 1.165) is 38.6 Å². The number of sulfone groups is 1. The van der Waals surface area contributed by atoms with Gasteiger partial charge in [-0.2, -0.15) is 0 Å². The zero-order valence-electron chi connectivity index (χ0n) is 27.9. The van der Waals surface area contributed by atoms with Gasteiger partial charge in [-0.3, -0.25) is 0 Å². The Labute approximate surface area is 278 Å². The number of H-pyrrole nitrogens is 1. The predicted octanol–water partition coefficient (Wildman–Crippen LogP) is 7.83. The number of hydrogen-bond donors (Lipinski definition) is 1. The van der Waals surface area contributed by atoms with Crippen molar-refractivity contribution in [3.8, 4) is 16.9 Å². The van der Waals surface area contributed by atoms with Gasteiger partial charge in [-0.15, -0.1) is 0 Å². The fraction of sp³-hybridized carbons (Fsp3) is 0.256. The van der Waals surface area contributed by atoms with Crippen LogP contribution in [0.25, 0.3) is 33.1 Å². The number of benzene rings is 4. The first kappa shape index (κ1) is 32.7. The summed E-state index contributed by atoms with van der Waals surface area (Å²) < 4.78 is 39.4. The molecule has 6 aromatic rings. The summed E-state index contributed by atoms with van der Waals surface area (Å²) in [5, 5.41) is 4.20. The van der Waals surface area contributed by atoms with E-state index in [1.165, 1.54) is 10.4 Å². The zero-order chi connectivity index (χ0) is 33.4. The minimum Gasteiger partial charge on any atom is -0.486 e. The van der Waals surface area contributed by atoms with Gasteiger partial charge in [0.25, 0.3) is 8.32 Å². The molecular weight excluding hydrogens is 621 g/mol. The molecule has 8 heteroatoms. The van der Waals surface area contributed by atoms with Crippen LogP contribution in [0, 0.1) is 6.92 Å². The minimum absolute atomic E-state index is 0.0443. The highest BCUT2D eigenvalue weighted by atomic mass is 32.2. The summed E-state index contributed by atoms with van der Waals surface area (Å²) in [5.74, 6) is 0.734. The molecule has 2 heterocycles. The molecule has 0 saturated heterocycles. The molecule has 242 valence electrons. The lowest BCUT2D eigenvalue weighted by molar-refractivity contribution is 0.138. The maximum atomic E-state index is 12.8. The SMILES string of the molecule is CCS(=O)(=O)c1cccc(-c2ccc(O[C@H](C)CO[Si](c3ccccc3)(c3ccccc3)C(C)(C)C)c3[nH]c4ncc(C)cc4c23)c1. The molecule has 0 saturated carbocycles. The Morgan fingerprint density at radius 2 is 1.53 bits per heavy atom. The van der Waals surface area contributed by atoms with Crippen LogP contribution in [0.1, 0.15) is 40.2 Å². The van der Waals surface area contributed by atoms with Gasteiger partial charge < -0.3 is 14.1 Å². The van der Waals surface area contributed by atoms with Crippen LogP contribution in [0.15, 0.2) is 114 Å². The monoisotopic (exact) mass is 662 g/mol. The Hall–Kier alpha value is -4.24. The van der Waals surface area contributed by atoms with Crippen LogP contribution < -0.4 is 15.1 Å². The largest absolute Gasteiger partial charge is 0.486 e. The number of fused-ring (bicyclic) bond motifs is 3. The molecule has 6 nitrogen and oxygen atoms in total. The molecule has 0 spiro atoms. The molecule has 4 aromatic carbocycles. The molecule has 47 heavy (non-hydrogen) atoms. The molecule has 0 unspecified atom stereocenters. The average Bonchev–Trinajstić information content (AvgIpc) is 3.45. The van der Waals surface area contributed by atoms with Crippen LogP contribution in [0.3, 0.4) is 0 Å². The maximum Gasteiger partial charge on any atom is 0.261 e. The molecule has 0 aliphatic carbocycles. The van der Waals surface area contributed by atoms with Gasteiger partial charge in [0, 0.05) is 17.0 Å². The van der Waals surface area contributed by atoms with Gasteiger partial charge in [-0.1, -0.05) is 100 Å². The number of nitrogens with one attached hydrogen (secondary N) is 1. The summed E-state index contributed by atoms with van der Waals surface area (Å²) in [4.78, 5) is 8.50. The summed E-state index contributed by atoms with van der Waals surface area (Å²) in [6, 6.07) is 34.5. The average molecular weight is 663 g/mol. The van der Waals surface area contributed by atoms with Crippen molar-refractivity contribution in [2.75, 3.05) is 12.4 Å². The fourth-order valence-electron chi connectivity index (χ4n) is 6.58. The van der Waals surface area contributed by atoms with Gasteiger partial charge in [0.05, 0.1) is 22.8 Å². The van der Waals surface area contributed by atoms with Gasteiger partial charge in [-0.25, -0.2) is 13.4 Å². The topological polar surface area (TPSA) is 81.3 Å². The van der Waals surface area contributed by atoms with Crippen molar-refractivity contribution in [3.05, 3.63) is 115 Å². The Morgan fingerprint density at radius 1 is 0.872 bits per heavy atom. The van der Waals surface area contributed by atoms with E-state index in [2.05, 4.69) is 85.3 Å². The third kappa shape index (κ3) is 6.13. The molecule has 2 aromatic heterocycles. The maximum absolute atomic E-state index is 12.8. The Kier molecular flexibility index (Phi) is 8.87. The van der Waals surface area contributed by atoms with E-state index in [1.807, 2.05) is 50.4 Å². The summed E-state index contributed by atoms with van der Waals surface area (Å²) in [5.41, 5.74) is 4.33. The number of hydrogen-bond acceptors (Lipinski definition) is 5. The highest BCUT2D eigenvalue weighted by Crippen LogP contribution is 2.41. The molecule has 0 bridgehead atoms. The van der Waals surface area contributed by atoms with Crippen molar-refractivity contribution in [2.45, 2.75) is 57.6 Å². The standard InChI is InChI=1S/C39H42N2O4SSi/c1-7-46(42,43)30-16-14-15-29(24-30)33-21-22-35(37-36(33)34-23-27(2)25-40-38(34)41-37)45-28(3)26-44-47(39(4,5)6,31-17-10-8-11-18-31)32-19-12-9-13-20-32/h8-25,28H,7,26H2,1-6H3,(H,40,41)/t28-/m1/s1. The lowest BCUT2D eigenvalue weighted by atomic mass is 9.99. The Morgan fingerprint density at radius 3 is 2.15 bits per heavy atom. The van der Waals surface area contributed by atoms with Crippen LogP contribution in [0.4, 0.5) is 0 Å². The number of nitrogens with zero attached hydrogens (tertiary/aromatic N) is 1. The second kappa shape index (κ2) is 12.8. The van der Waals surface area contributed by atoms with E-state index < -0.39 is 18.2 Å². The van der Waals surface area contributed by atoms with Gasteiger partial charge in [0.2, 0.25) is 0 Å². The summed E-state index contributed by atoms with van der Waals surface area (Å²) in [6.45, 7) is 12.9. The number of aromatic amines is 1. The van der Waals surface area contributed by atoms with Crippen LogP contribution in [-0.4, -0.2) is 45.2 Å². The normalized spacial score (nSPS) is 13.2. The lowest BCUT2D eigenvalue weighted by Crippen LogP contribution is -2.67. The minimum atomic E-state index is -3.37. The predicted molar refractivity (Wildman–Crippen MR) is 195 cm³/mol. The lowest BCUT2D eigenvalue weighted by Gasteiger charge is -2.43. The summed E-state index contributed by atoms with van der Waals surface area (Å²) >= 11 is 0. The van der Waals surface area contributed by atoms with E-state index in [1.54, 1.807) is 25.1 Å². The van der Waals surface area contributed by atoms with Gasteiger partial charge in [-0.05, 0) is 76.3 Å². The van der Waals surface area contributed by atoms with Gasteiger partial charge in [0.15, 0.2) is 9.84 Å². The van der Waals surface area contributed by atoms with Crippen molar-refractivity contribution in [1.82, 2.24) is 9.97 Å². The van der Waals surface area contributed by atoms with Crippen molar-refractivity contribution in [1.29, 1.82) is 0 Å². The van der Waals surface area contributed by atoms with E-state index in [-0.39, 0.29) is 16.9 Å². The number of pyridine rings is 1. The van der Waals surface area contributed by atoms with Crippen molar-refractivity contribution >= 4 is 50.5 Å². The number of ether oxygens (including phenoxy) is 1.